The summed E-state index contributed by atoms with van der Waals surface area (Å²) in [4.78, 5) is 22.5. The molecular formula is C18H24FN5O. The summed E-state index contributed by atoms with van der Waals surface area (Å²) in [6.07, 6.45) is 4.64. The molecule has 0 saturated carbocycles. The van der Waals surface area contributed by atoms with E-state index >= 15 is 0 Å². The maximum absolute atomic E-state index is 12.8. The normalized spacial score (nSPS) is 10.7. The zero-order valence-corrected chi connectivity index (χ0v) is 14.6. The van der Waals surface area contributed by atoms with Gasteiger partial charge in [0.15, 0.2) is 0 Å². The van der Waals surface area contributed by atoms with Gasteiger partial charge in [-0.05, 0) is 51.2 Å². The molecular weight excluding hydrogens is 321 g/mol. The van der Waals surface area contributed by atoms with E-state index in [1.807, 2.05) is 14.1 Å². The van der Waals surface area contributed by atoms with Crippen LogP contribution >= 0.6 is 0 Å². The first-order chi connectivity index (χ1) is 12.0. The van der Waals surface area contributed by atoms with E-state index in [4.69, 9.17) is 0 Å². The lowest BCUT2D eigenvalue weighted by Gasteiger charge is -2.10. The van der Waals surface area contributed by atoms with Crippen molar-refractivity contribution in [3.63, 3.8) is 0 Å². The molecule has 1 heterocycles. The van der Waals surface area contributed by atoms with Crippen LogP contribution in [0.3, 0.4) is 0 Å². The molecule has 7 heteroatoms. The first-order valence-electron chi connectivity index (χ1n) is 8.28. The Balaban J connectivity index is 1.73. The van der Waals surface area contributed by atoms with Crippen LogP contribution in [0.4, 0.5) is 10.3 Å². The molecule has 0 aliphatic rings. The summed E-state index contributed by atoms with van der Waals surface area (Å²) in [5.74, 6) is 0.0308. The summed E-state index contributed by atoms with van der Waals surface area (Å²) in [6, 6.07) is 6.24. The Bertz CT molecular complexity index is 658. The van der Waals surface area contributed by atoms with Crippen LogP contribution in [0.25, 0.3) is 0 Å². The van der Waals surface area contributed by atoms with Crippen molar-refractivity contribution in [2.75, 3.05) is 39.0 Å². The Morgan fingerprint density at radius 2 is 1.80 bits per heavy atom. The smallest absolute Gasteiger partial charge is 0.254 e. The summed E-state index contributed by atoms with van der Waals surface area (Å²) in [6.45, 7) is 2.23. The van der Waals surface area contributed by atoms with E-state index in [2.05, 4.69) is 25.5 Å². The van der Waals surface area contributed by atoms with Crippen molar-refractivity contribution in [3.8, 4) is 0 Å². The van der Waals surface area contributed by atoms with Crippen LogP contribution in [0.2, 0.25) is 0 Å². The molecule has 1 aromatic heterocycles. The van der Waals surface area contributed by atoms with E-state index in [0.717, 1.165) is 25.1 Å². The molecule has 25 heavy (non-hydrogen) atoms. The van der Waals surface area contributed by atoms with E-state index in [0.29, 0.717) is 24.5 Å². The van der Waals surface area contributed by atoms with Gasteiger partial charge in [-0.3, -0.25) is 4.79 Å². The third kappa shape index (κ3) is 6.84. The molecule has 6 nitrogen and oxygen atoms in total. The van der Waals surface area contributed by atoms with E-state index in [1.54, 1.807) is 12.1 Å². The van der Waals surface area contributed by atoms with Crippen molar-refractivity contribution in [3.05, 3.63) is 53.6 Å². The number of aromatic nitrogens is 2. The number of hydrogen-bond donors (Lipinski definition) is 2. The SMILES string of the molecule is CN(C)CCCNc1ncc(C(=O)NCCc2ccc(F)cc2)cn1. The van der Waals surface area contributed by atoms with Crippen LogP contribution in [-0.4, -0.2) is 54.5 Å². The first kappa shape index (κ1) is 18.8. The van der Waals surface area contributed by atoms with E-state index in [-0.39, 0.29) is 11.7 Å². The molecule has 1 amide bonds. The maximum Gasteiger partial charge on any atom is 0.254 e. The van der Waals surface area contributed by atoms with Crippen LogP contribution in [0, 0.1) is 5.82 Å². The van der Waals surface area contributed by atoms with Crippen molar-refractivity contribution < 1.29 is 9.18 Å². The third-order valence-corrected chi connectivity index (χ3v) is 3.59. The van der Waals surface area contributed by atoms with Crippen molar-refractivity contribution in [2.45, 2.75) is 12.8 Å². The second kappa shape index (κ2) is 9.68. The Morgan fingerprint density at radius 1 is 1.12 bits per heavy atom. The van der Waals surface area contributed by atoms with Crippen LogP contribution in [-0.2, 0) is 6.42 Å². The summed E-state index contributed by atoms with van der Waals surface area (Å²) in [5, 5.41) is 5.93. The molecule has 0 spiro atoms. The van der Waals surface area contributed by atoms with Crippen molar-refractivity contribution in [1.82, 2.24) is 20.2 Å². The zero-order valence-electron chi connectivity index (χ0n) is 14.6. The average molecular weight is 345 g/mol. The topological polar surface area (TPSA) is 70.2 Å². The fraction of sp³-hybridized carbons (Fsp3) is 0.389. The molecule has 0 fully saturated rings. The van der Waals surface area contributed by atoms with Crippen molar-refractivity contribution in [1.29, 1.82) is 0 Å². The molecule has 0 unspecified atom stereocenters. The summed E-state index contributed by atoms with van der Waals surface area (Å²) < 4.78 is 12.8. The van der Waals surface area contributed by atoms with Gasteiger partial charge in [-0.15, -0.1) is 0 Å². The molecule has 0 bridgehead atoms. The number of nitrogens with one attached hydrogen (secondary N) is 2. The minimum atomic E-state index is -0.264. The van der Waals surface area contributed by atoms with Gasteiger partial charge in [-0.2, -0.15) is 0 Å². The fourth-order valence-electron chi connectivity index (χ4n) is 2.21. The number of rotatable bonds is 9. The van der Waals surface area contributed by atoms with Gasteiger partial charge < -0.3 is 15.5 Å². The second-order valence-corrected chi connectivity index (χ2v) is 6.01. The van der Waals surface area contributed by atoms with Crippen LogP contribution in [0.5, 0.6) is 0 Å². The molecule has 134 valence electrons. The van der Waals surface area contributed by atoms with Crippen LogP contribution in [0.1, 0.15) is 22.3 Å². The van der Waals surface area contributed by atoms with Crippen LogP contribution in [0.15, 0.2) is 36.7 Å². The molecule has 2 rings (SSSR count). The number of anilines is 1. The standard InChI is InChI=1S/C18H24FN5O/c1-24(2)11-3-9-21-18-22-12-15(13-23-18)17(25)20-10-8-14-4-6-16(19)7-5-14/h4-7,12-13H,3,8-11H2,1-2H3,(H,20,25)(H,21,22,23). The van der Waals surface area contributed by atoms with Gasteiger partial charge in [0.25, 0.3) is 5.91 Å². The number of carbonyl (C=O) groups excluding carboxylic acids is 1. The highest BCUT2D eigenvalue weighted by atomic mass is 19.1. The lowest BCUT2D eigenvalue weighted by atomic mass is 10.1. The predicted octanol–water partition coefficient (Wildman–Crippen LogP) is 1.95. The minimum Gasteiger partial charge on any atom is -0.354 e. The maximum atomic E-state index is 12.8. The van der Waals surface area contributed by atoms with E-state index < -0.39 is 0 Å². The predicted molar refractivity (Wildman–Crippen MR) is 96.1 cm³/mol. The van der Waals surface area contributed by atoms with Crippen LogP contribution < -0.4 is 10.6 Å². The lowest BCUT2D eigenvalue weighted by Crippen LogP contribution is -2.26. The average Bonchev–Trinajstić information content (AvgIpc) is 2.61. The lowest BCUT2D eigenvalue weighted by molar-refractivity contribution is 0.0953. The molecule has 0 atom stereocenters. The van der Waals surface area contributed by atoms with Gasteiger partial charge in [-0.25, -0.2) is 14.4 Å². The number of nitrogens with zero attached hydrogens (tertiary/aromatic N) is 3. The van der Waals surface area contributed by atoms with Gasteiger partial charge in [0.2, 0.25) is 5.95 Å². The molecule has 2 N–H and O–H groups in total. The zero-order chi connectivity index (χ0) is 18.1. The van der Waals surface area contributed by atoms with Crippen molar-refractivity contribution in [2.24, 2.45) is 0 Å². The van der Waals surface area contributed by atoms with Gasteiger partial charge in [-0.1, -0.05) is 12.1 Å². The molecule has 2 aromatic rings. The second-order valence-electron chi connectivity index (χ2n) is 6.01. The number of halogens is 1. The van der Waals surface area contributed by atoms with E-state index in [1.165, 1.54) is 24.5 Å². The van der Waals surface area contributed by atoms with Gasteiger partial charge in [0.05, 0.1) is 5.56 Å². The molecule has 0 saturated heterocycles. The number of hydrogen-bond acceptors (Lipinski definition) is 5. The number of carbonyl (C=O) groups is 1. The highest BCUT2D eigenvalue weighted by molar-refractivity contribution is 5.93. The highest BCUT2D eigenvalue weighted by Crippen LogP contribution is 2.04. The molecule has 0 aliphatic carbocycles. The van der Waals surface area contributed by atoms with Gasteiger partial charge in [0.1, 0.15) is 5.82 Å². The highest BCUT2D eigenvalue weighted by Gasteiger charge is 2.06. The Kier molecular flexibility index (Phi) is 7.28. The molecule has 0 radical (unpaired) electrons. The van der Waals surface area contributed by atoms with Gasteiger partial charge in [0, 0.05) is 25.5 Å². The van der Waals surface area contributed by atoms with Gasteiger partial charge >= 0.3 is 0 Å². The summed E-state index contributed by atoms with van der Waals surface area (Å²) in [7, 11) is 4.06. The Morgan fingerprint density at radius 3 is 2.44 bits per heavy atom. The summed E-state index contributed by atoms with van der Waals surface area (Å²) in [5.41, 5.74) is 1.38. The summed E-state index contributed by atoms with van der Waals surface area (Å²) >= 11 is 0. The monoisotopic (exact) mass is 345 g/mol. The van der Waals surface area contributed by atoms with Crippen molar-refractivity contribution >= 4 is 11.9 Å². The molecule has 1 aromatic carbocycles. The first-order valence-corrected chi connectivity index (χ1v) is 8.28. The van der Waals surface area contributed by atoms with E-state index in [9.17, 15) is 9.18 Å². The Labute approximate surface area is 147 Å². The molecule has 0 aliphatic heterocycles. The Hall–Kier alpha value is -2.54. The number of benzene rings is 1. The fourth-order valence-corrected chi connectivity index (χ4v) is 2.21. The quantitative estimate of drug-likeness (QED) is 0.680. The minimum absolute atomic E-state index is 0.221. The third-order valence-electron chi connectivity index (χ3n) is 3.59. The number of amides is 1. The largest absolute Gasteiger partial charge is 0.354 e.